The second-order valence-corrected chi connectivity index (χ2v) is 13.8. The molecule has 2 atom stereocenters. The van der Waals surface area contributed by atoms with Gasteiger partial charge in [-0.2, -0.15) is 5.10 Å². The lowest BCUT2D eigenvalue weighted by Gasteiger charge is -2.35. The summed E-state index contributed by atoms with van der Waals surface area (Å²) in [4.78, 5) is 33.8. The minimum atomic E-state index is -0.303. The molecule has 2 bridgehead atoms. The Morgan fingerprint density at radius 3 is 2.72 bits per heavy atom. The van der Waals surface area contributed by atoms with Gasteiger partial charge in [0.25, 0.3) is 0 Å². The van der Waals surface area contributed by atoms with Gasteiger partial charge in [0.2, 0.25) is 11.8 Å². The Balaban J connectivity index is 1.50. The van der Waals surface area contributed by atoms with E-state index in [0.717, 1.165) is 34.5 Å². The highest BCUT2D eigenvalue weighted by molar-refractivity contribution is 6.31. The number of hydrogen-bond acceptors (Lipinski definition) is 8. The zero-order valence-corrected chi connectivity index (χ0v) is 28.7. The topological polar surface area (TPSA) is 145 Å². The van der Waals surface area contributed by atoms with E-state index in [0.29, 0.717) is 55.4 Å². The SMILES string of the molecule is CC1CCCC(N2CCC(c3cc(Cl)ccc3N(N)/C=C(\N)Cl)=CC2=O)c2cc(ccn2)-c2c(cnn2CCOC(C)(C)C)NC1=O. The summed E-state index contributed by atoms with van der Waals surface area (Å²) in [7, 11) is 0. The van der Waals surface area contributed by atoms with Gasteiger partial charge in [-0.05, 0) is 75.9 Å². The molecule has 0 fully saturated rings. The minimum Gasteiger partial charge on any atom is -0.388 e. The molecule has 3 aromatic rings. The Bertz CT molecular complexity index is 1690. The number of nitrogens with zero attached hydrogens (tertiary/aromatic N) is 5. The molecule has 0 saturated carbocycles. The first kappa shape index (κ1) is 34.4. The number of fused-ring (bicyclic) bond motifs is 4. The van der Waals surface area contributed by atoms with Gasteiger partial charge < -0.3 is 20.7 Å². The fourth-order valence-corrected chi connectivity index (χ4v) is 6.28. The molecule has 250 valence electrons. The van der Waals surface area contributed by atoms with E-state index in [9.17, 15) is 9.59 Å². The number of carbonyl (C=O) groups is 2. The van der Waals surface area contributed by atoms with Gasteiger partial charge in [0.05, 0.1) is 60.0 Å². The lowest BCUT2D eigenvalue weighted by Crippen LogP contribution is -2.38. The van der Waals surface area contributed by atoms with E-state index >= 15 is 0 Å². The second-order valence-electron chi connectivity index (χ2n) is 12.9. The molecule has 47 heavy (non-hydrogen) atoms. The Morgan fingerprint density at radius 1 is 1.21 bits per heavy atom. The van der Waals surface area contributed by atoms with Crippen LogP contribution in [0.15, 0.2) is 60.2 Å². The summed E-state index contributed by atoms with van der Waals surface area (Å²) in [6.45, 7) is 9.35. The highest BCUT2D eigenvalue weighted by atomic mass is 35.5. The summed E-state index contributed by atoms with van der Waals surface area (Å²) < 4.78 is 7.83. The van der Waals surface area contributed by atoms with E-state index in [1.54, 1.807) is 36.7 Å². The Morgan fingerprint density at radius 2 is 2.00 bits per heavy atom. The van der Waals surface area contributed by atoms with Gasteiger partial charge in [0.1, 0.15) is 5.16 Å². The van der Waals surface area contributed by atoms with Crippen molar-refractivity contribution >= 4 is 52.0 Å². The number of nitrogens with two attached hydrogens (primary N) is 2. The van der Waals surface area contributed by atoms with Gasteiger partial charge in [-0.1, -0.05) is 36.5 Å². The highest BCUT2D eigenvalue weighted by Gasteiger charge is 2.31. The van der Waals surface area contributed by atoms with Gasteiger partial charge in [0, 0.05) is 40.9 Å². The zero-order valence-electron chi connectivity index (χ0n) is 27.2. The molecule has 2 aromatic heterocycles. The Kier molecular flexibility index (Phi) is 10.6. The Hall–Kier alpha value is -3.90. The van der Waals surface area contributed by atoms with Crippen LogP contribution in [0.5, 0.6) is 0 Å². The number of carbonyl (C=O) groups excluding carboxylic acids is 2. The number of halogens is 2. The van der Waals surface area contributed by atoms with Crippen LogP contribution >= 0.6 is 23.2 Å². The second kappa shape index (κ2) is 14.5. The van der Waals surface area contributed by atoms with Crippen molar-refractivity contribution in [3.63, 3.8) is 0 Å². The van der Waals surface area contributed by atoms with Crippen molar-refractivity contribution in [3.05, 3.63) is 76.4 Å². The first-order valence-electron chi connectivity index (χ1n) is 15.8. The van der Waals surface area contributed by atoms with Gasteiger partial charge in [-0.25, -0.2) is 5.84 Å². The molecular formula is C34H42Cl2N8O3. The lowest BCUT2D eigenvalue weighted by molar-refractivity contribution is -0.129. The maximum absolute atomic E-state index is 13.9. The molecular weight excluding hydrogens is 639 g/mol. The molecule has 2 aliphatic heterocycles. The van der Waals surface area contributed by atoms with E-state index in [1.807, 2.05) is 49.4 Å². The maximum atomic E-state index is 13.9. The largest absolute Gasteiger partial charge is 0.388 e. The van der Waals surface area contributed by atoms with Crippen molar-refractivity contribution in [2.45, 2.75) is 71.6 Å². The molecule has 2 aliphatic rings. The molecule has 1 aromatic carbocycles. The molecule has 5 N–H and O–H groups in total. The first-order chi connectivity index (χ1) is 22.3. The van der Waals surface area contributed by atoms with Crippen molar-refractivity contribution in [2.24, 2.45) is 17.5 Å². The number of aromatic nitrogens is 3. The summed E-state index contributed by atoms with van der Waals surface area (Å²) in [5.41, 5.74) is 10.5. The Labute approximate surface area is 285 Å². The first-order valence-corrected chi connectivity index (χ1v) is 16.5. The van der Waals surface area contributed by atoms with Crippen LogP contribution < -0.4 is 21.9 Å². The number of hydrazine groups is 1. The van der Waals surface area contributed by atoms with Crippen molar-refractivity contribution in [1.82, 2.24) is 19.7 Å². The molecule has 0 aliphatic carbocycles. The summed E-state index contributed by atoms with van der Waals surface area (Å²) in [5.74, 6) is 5.78. The van der Waals surface area contributed by atoms with E-state index < -0.39 is 0 Å². The number of benzene rings is 1. The summed E-state index contributed by atoms with van der Waals surface area (Å²) in [6.07, 6.45) is 9.06. The van der Waals surface area contributed by atoms with Gasteiger partial charge in [-0.15, -0.1) is 0 Å². The molecule has 4 heterocycles. The van der Waals surface area contributed by atoms with Crippen LogP contribution in [0.1, 0.15) is 70.7 Å². The molecule has 2 amide bonds. The minimum absolute atomic E-state index is 0.0192. The number of amides is 2. The van der Waals surface area contributed by atoms with Crippen LogP contribution in [0.2, 0.25) is 5.02 Å². The number of pyridine rings is 1. The average molecular weight is 682 g/mol. The van der Waals surface area contributed by atoms with Crippen molar-refractivity contribution in [1.29, 1.82) is 0 Å². The fraction of sp³-hybridized carbons (Fsp3) is 0.412. The maximum Gasteiger partial charge on any atom is 0.247 e. The standard InChI is InChI=1S/C34H42Cl2N8O3/c1-21-6-5-7-29(42-13-11-22(17-31(42)45)25-18-24(35)8-9-28(25)43(38)20-30(36)37)26-16-23(10-12-39-26)32-27(41-33(21)46)19-40-44(32)14-15-47-34(2,3)4/h8-10,12,16-21,29H,5-7,11,13-15,37-38H2,1-4H3,(H,41,46)/b30-20-. The van der Waals surface area contributed by atoms with Crippen molar-refractivity contribution in [2.75, 3.05) is 23.5 Å². The van der Waals surface area contributed by atoms with E-state index in [1.165, 1.54) is 11.2 Å². The summed E-state index contributed by atoms with van der Waals surface area (Å²) >= 11 is 12.2. The number of ether oxygens (including phenoxy) is 1. The van der Waals surface area contributed by atoms with Crippen molar-refractivity contribution in [3.8, 4) is 11.3 Å². The van der Waals surface area contributed by atoms with Crippen molar-refractivity contribution < 1.29 is 14.3 Å². The smallest absolute Gasteiger partial charge is 0.247 e. The van der Waals surface area contributed by atoms with Crippen LogP contribution in [-0.2, 0) is 20.9 Å². The summed E-state index contributed by atoms with van der Waals surface area (Å²) in [6, 6.07) is 8.86. The predicted molar refractivity (Wildman–Crippen MR) is 186 cm³/mol. The quantitative estimate of drug-likeness (QED) is 0.152. The summed E-state index contributed by atoms with van der Waals surface area (Å²) in [5, 5.41) is 9.56. The average Bonchev–Trinajstić information content (AvgIpc) is 3.39. The fourth-order valence-electron chi connectivity index (χ4n) is 6.00. The third-order valence-corrected chi connectivity index (χ3v) is 8.65. The van der Waals surface area contributed by atoms with Crippen LogP contribution in [0.25, 0.3) is 16.8 Å². The van der Waals surface area contributed by atoms with E-state index in [2.05, 4.69) is 10.4 Å². The third-order valence-electron chi connectivity index (χ3n) is 8.32. The number of anilines is 2. The lowest BCUT2D eigenvalue weighted by atomic mass is 9.93. The van der Waals surface area contributed by atoms with E-state index in [-0.39, 0.29) is 34.5 Å². The normalized spacial score (nSPS) is 19.3. The highest BCUT2D eigenvalue weighted by Crippen LogP contribution is 2.38. The number of hydrogen-bond donors (Lipinski definition) is 3. The van der Waals surface area contributed by atoms with Crippen LogP contribution in [0.4, 0.5) is 11.4 Å². The number of rotatable bonds is 7. The van der Waals surface area contributed by atoms with Gasteiger partial charge >= 0.3 is 0 Å². The van der Waals surface area contributed by atoms with Crippen LogP contribution in [0.3, 0.4) is 0 Å². The molecule has 0 spiro atoms. The van der Waals surface area contributed by atoms with Crippen LogP contribution in [0, 0.1) is 5.92 Å². The number of nitrogens with one attached hydrogen (secondary N) is 1. The predicted octanol–water partition coefficient (Wildman–Crippen LogP) is 6.21. The molecule has 13 heteroatoms. The molecule has 11 nitrogen and oxygen atoms in total. The van der Waals surface area contributed by atoms with E-state index in [4.69, 9.17) is 44.5 Å². The zero-order chi connectivity index (χ0) is 33.9. The third kappa shape index (κ3) is 8.34. The monoisotopic (exact) mass is 680 g/mol. The molecule has 0 radical (unpaired) electrons. The van der Waals surface area contributed by atoms with Crippen LogP contribution in [-0.4, -0.2) is 50.2 Å². The molecule has 5 rings (SSSR count). The molecule has 0 saturated heterocycles. The van der Waals surface area contributed by atoms with Gasteiger partial charge in [-0.3, -0.25) is 24.3 Å². The molecule has 2 unspecified atom stereocenters. The van der Waals surface area contributed by atoms with Gasteiger partial charge in [0.15, 0.2) is 0 Å².